The minimum Gasteiger partial charge on any atom is -0.486 e. The fourth-order valence-electron chi connectivity index (χ4n) is 5.24. The molecule has 1 aliphatic rings. The number of carbonyl (C=O) groups is 1. The van der Waals surface area contributed by atoms with Crippen molar-refractivity contribution in [3.05, 3.63) is 64.0 Å². The van der Waals surface area contributed by atoms with E-state index in [1.807, 2.05) is 32.0 Å². The molecule has 41 heavy (non-hydrogen) atoms. The van der Waals surface area contributed by atoms with Gasteiger partial charge >= 0.3 is 5.97 Å². The molecular formula is C31H37FN2O6S. The first-order valence-electron chi connectivity index (χ1n) is 13.3. The van der Waals surface area contributed by atoms with Crippen molar-refractivity contribution in [2.24, 2.45) is 0 Å². The van der Waals surface area contributed by atoms with Gasteiger partial charge in [-0.05, 0) is 99.5 Å². The molecule has 3 aromatic carbocycles. The smallest absolute Gasteiger partial charge is 0.337 e. The number of aryl methyl sites for hydroxylation is 2. The van der Waals surface area contributed by atoms with Gasteiger partial charge in [-0.15, -0.1) is 0 Å². The summed E-state index contributed by atoms with van der Waals surface area (Å²) in [7, 11) is -3.78. The third-order valence-electron chi connectivity index (χ3n) is 7.09. The predicted octanol–water partition coefficient (Wildman–Crippen LogP) is 6.51. The zero-order valence-electron chi connectivity index (χ0n) is 24.7. The Labute approximate surface area is 240 Å². The molecule has 0 bridgehead atoms. The molecule has 220 valence electrons. The van der Waals surface area contributed by atoms with E-state index in [0.717, 1.165) is 22.9 Å². The van der Waals surface area contributed by atoms with Crippen molar-refractivity contribution in [1.29, 1.82) is 0 Å². The monoisotopic (exact) mass is 584 g/mol. The van der Waals surface area contributed by atoms with Crippen molar-refractivity contribution >= 4 is 27.4 Å². The molecule has 0 saturated heterocycles. The molecule has 0 amide bonds. The van der Waals surface area contributed by atoms with E-state index in [9.17, 15) is 18.3 Å². The van der Waals surface area contributed by atoms with Gasteiger partial charge in [0.25, 0.3) is 0 Å². The molecule has 1 heterocycles. The fourth-order valence-corrected chi connectivity index (χ4v) is 5.86. The largest absolute Gasteiger partial charge is 0.486 e. The van der Waals surface area contributed by atoms with Crippen molar-refractivity contribution in [2.45, 2.75) is 60.2 Å². The number of sulfonamides is 1. The molecule has 1 atom stereocenters. The van der Waals surface area contributed by atoms with Crippen LogP contribution in [0.25, 0.3) is 22.3 Å². The second kappa shape index (κ2) is 11.0. The highest BCUT2D eigenvalue weighted by Gasteiger charge is 2.35. The molecule has 1 unspecified atom stereocenters. The molecule has 4 rings (SSSR count). The highest BCUT2D eigenvalue weighted by molar-refractivity contribution is 7.92. The maximum atomic E-state index is 15.4. The lowest BCUT2D eigenvalue weighted by Crippen LogP contribution is -2.29. The van der Waals surface area contributed by atoms with Gasteiger partial charge in [-0.1, -0.05) is 18.2 Å². The number of ether oxygens (including phenoxy) is 2. The maximum absolute atomic E-state index is 15.4. The summed E-state index contributed by atoms with van der Waals surface area (Å²) < 4.78 is 55.0. The van der Waals surface area contributed by atoms with Crippen molar-refractivity contribution in [2.75, 3.05) is 29.4 Å². The Morgan fingerprint density at radius 1 is 1.05 bits per heavy atom. The SMILES string of the molecule is Cc1ccc(-c2c(C)c(-c3cc(F)c4c(c3)NCCO4)c(C(OC(C)(C)C)C(=O)O)c(C)c2NS(C)(=O)=O)cc1C. The van der Waals surface area contributed by atoms with Crippen molar-refractivity contribution in [3.63, 3.8) is 0 Å². The number of benzene rings is 3. The summed E-state index contributed by atoms with van der Waals surface area (Å²) in [4.78, 5) is 12.8. The first-order chi connectivity index (χ1) is 19.0. The Morgan fingerprint density at radius 2 is 1.73 bits per heavy atom. The van der Waals surface area contributed by atoms with Gasteiger partial charge in [0.05, 0.1) is 23.2 Å². The lowest BCUT2D eigenvalue weighted by Gasteiger charge is -2.31. The zero-order valence-corrected chi connectivity index (χ0v) is 25.5. The van der Waals surface area contributed by atoms with Crippen LogP contribution in [0.1, 0.15) is 54.7 Å². The number of anilines is 2. The topological polar surface area (TPSA) is 114 Å². The number of carboxylic acid groups (broad SMARTS) is 1. The zero-order chi connectivity index (χ0) is 30.4. The highest BCUT2D eigenvalue weighted by Crippen LogP contribution is 2.48. The standard InChI is InChI=1S/C31H37FN2O6S/c1-16-9-10-20(13-17(16)2)25-18(3)24(21-14-22(32)28-23(15-21)33-11-12-39-28)26(19(4)27(25)34-41(8,37)38)29(30(35)36)40-31(5,6)7/h9-10,13-15,29,33-34H,11-12H2,1-8H3,(H,35,36). The van der Waals surface area contributed by atoms with Crippen LogP contribution in [0.2, 0.25) is 0 Å². The normalized spacial score (nSPS) is 14.1. The Hall–Kier alpha value is -3.63. The minimum atomic E-state index is -3.78. The van der Waals surface area contributed by atoms with Crippen LogP contribution in [-0.4, -0.2) is 44.5 Å². The van der Waals surface area contributed by atoms with Crippen LogP contribution in [0.3, 0.4) is 0 Å². The van der Waals surface area contributed by atoms with Gasteiger partial charge in [-0.3, -0.25) is 4.72 Å². The third kappa shape index (κ3) is 6.33. The Balaban J connectivity index is 2.20. The van der Waals surface area contributed by atoms with Crippen LogP contribution in [0.5, 0.6) is 5.75 Å². The molecule has 0 fully saturated rings. The van der Waals surface area contributed by atoms with E-state index in [4.69, 9.17) is 9.47 Å². The number of rotatable bonds is 7. The van der Waals surface area contributed by atoms with Crippen LogP contribution in [0.4, 0.5) is 15.8 Å². The van der Waals surface area contributed by atoms with E-state index >= 15 is 4.39 Å². The van der Waals surface area contributed by atoms with Gasteiger partial charge in [-0.25, -0.2) is 17.6 Å². The first kappa shape index (κ1) is 30.3. The van der Waals surface area contributed by atoms with Gasteiger partial charge in [0.2, 0.25) is 10.0 Å². The highest BCUT2D eigenvalue weighted by atomic mass is 32.2. The van der Waals surface area contributed by atoms with Crippen LogP contribution in [0.15, 0.2) is 30.3 Å². The summed E-state index contributed by atoms with van der Waals surface area (Å²) in [5.74, 6) is -1.75. The summed E-state index contributed by atoms with van der Waals surface area (Å²) >= 11 is 0. The number of nitrogens with one attached hydrogen (secondary N) is 2. The van der Waals surface area contributed by atoms with E-state index in [-0.39, 0.29) is 17.0 Å². The van der Waals surface area contributed by atoms with Gasteiger partial charge in [0, 0.05) is 17.7 Å². The number of halogens is 1. The van der Waals surface area contributed by atoms with Crippen LogP contribution in [0, 0.1) is 33.5 Å². The van der Waals surface area contributed by atoms with Crippen molar-refractivity contribution in [3.8, 4) is 28.0 Å². The van der Waals surface area contributed by atoms with Gasteiger partial charge < -0.3 is 19.9 Å². The van der Waals surface area contributed by atoms with Gasteiger partial charge in [0.1, 0.15) is 6.61 Å². The summed E-state index contributed by atoms with van der Waals surface area (Å²) in [5.41, 5.74) is 5.21. The molecular weight excluding hydrogens is 547 g/mol. The minimum absolute atomic E-state index is 0.0985. The number of carboxylic acids is 1. The van der Waals surface area contributed by atoms with Crippen molar-refractivity contribution in [1.82, 2.24) is 0 Å². The second-order valence-electron chi connectivity index (χ2n) is 11.5. The number of hydrogen-bond donors (Lipinski definition) is 3. The first-order valence-corrected chi connectivity index (χ1v) is 15.2. The fraction of sp³-hybridized carbons (Fsp3) is 0.387. The lowest BCUT2D eigenvalue weighted by molar-refractivity contribution is -0.160. The Bertz CT molecular complexity index is 1640. The predicted molar refractivity (Wildman–Crippen MR) is 160 cm³/mol. The summed E-state index contributed by atoms with van der Waals surface area (Å²) in [6, 6.07) is 8.84. The third-order valence-corrected chi connectivity index (χ3v) is 7.66. The Kier molecular flexibility index (Phi) is 8.12. The number of hydrogen-bond acceptors (Lipinski definition) is 6. The second-order valence-corrected chi connectivity index (χ2v) is 13.3. The van der Waals surface area contributed by atoms with Crippen LogP contribution in [-0.2, 0) is 19.6 Å². The number of aliphatic carboxylic acids is 1. The van der Waals surface area contributed by atoms with E-state index in [2.05, 4.69) is 10.0 Å². The molecule has 3 N–H and O–H groups in total. The molecule has 3 aromatic rings. The molecule has 8 nitrogen and oxygen atoms in total. The molecule has 0 spiro atoms. The van der Waals surface area contributed by atoms with Gasteiger partial charge in [-0.2, -0.15) is 0 Å². The maximum Gasteiger partial charge on any atom is 0.337 e. The van der Waals surface area contributed by atoms with E-state index in [0.29, 0.717) is 46.7 Å². The van der Waals surface area contributed by atoms with E-state index < -0.39 is 33.5 Å². The molecule has 0 aliphatic carbocycles. The van der Waals surface area contributed by atoms with Gasteiger partial charge in [0.15, 0.2) is 17.7 Å². The van der Waals surface area contributed by atoms with Crippen molar-refractivity contribution < 1.29 is 32.2 Å². The Morgan fingerprint density at radius 3 is 2.32 bits per heavy atom. The summed E-state index contributed by atoms with van der Waals surface area (Å²) in [6.07, 6.45) is -0.439. The summed E-state index contributed by atoms with van der Waals surface area (Å²) in [5, 5.41) is 13.6. The van der Waals surface area contributed by atoms with Crippen LogP contribution >= 0.6 is 0 Å². The molecule has 10 heteroatoms. The molecule has 1 aliphatic heterocycles. The number of fused-ring (bicyclic) bond motifs is 1. The molecule has 0 radical (unpaired) electrons. The molecule has 0 saturated carbocycles. The summed E-state index contributed by atoms with van der Waals surface area (Å²) in [6.45, 7) is 13.4. The van der Waals surface area contributed by atoms with E-state index in [1.165, 1.54) is 6.07 Å². The molecule has 0 aromatic heterocycles. The average molecular weight is 585 g/mol. The quantitative estimate of drug-likeness (QED) is 0.290. The average Bonchev–Trinajstić information content (AvgIpc) is 2.85. The van der Waals surface area contributed by atoms with Crippen LogP contribution < -0.4 is 14.8 Å². The van der Waals surface area contributed by atoms with E-state index in [1.54, 1.807) is 40.7 Å². The lowest BCUT2D eigenvalue weighted by atomic mass is 9.82.